The third-order valence-electron chi connectivity index (χ3n) is 3.16. The molecule has 5 nitrogen and oxygen atoms in total. The Morgan fingerprint density at radius 3 is 2.84 bits per heavy atom. The van der Waals surface area contributed by atoms with Gasteiger partial charge in [-0.15, -0.1) is 11.3 Å². The summed E-state index contributed by atoms with van der Waals surface area (Å²) in [5.74, 6) is -1.09. The van der Waals surface area contributed by atoms with E-state index in [0.717, 1.165) is 15.8 Å². The zero-order chi connectivity index (χ0) is 13.8. The molecule has 0 radical (unpaired) electrons. The highest BCUT2D eigenvalue weighted by Gasteiger charge is 2.30. The maximum atomic E-state index is 11.7. The molecule has 1 aliphatic rings. The third kappa shape index (κ3) is 4.21. The first-order chi connectivity index (χ1) is 9.04. The smallest absolute Gasteiger partial charge is 0.315 e. The molecule has 7 heteroatoms. The Labute approximate surface area is 123 Å². The second-order valence-electron chi connectivity index (χ2n) is 4.60. The van der Waals surface area contributed by atoms with E-state index in [4.69, 9.17) is 5.11 Å². The summed E-state index contributed by atoms with van der Waals surface area (Å²) in [4.78, 5) is 23.6. The number of carbonyl (C=O) groups excluding carboxylic acids is 1. The first-order valence-electron chi connectivity index (χ1n) is 6.04. The van der Waals surface area contributed by atoms with E-state index in [0.29, 0.717) is 19.4 Å². The Balaban J connectivity index is 1.72. The van der Waals surface area contributed by atoms with Crippen LogP contribution in [-0.2, 0) is 11.3 Å². The lowest BCUT2D eigenvalue weighted by Crippen LogP contribution is -2.40. The lowest BCUT2D eigenvalue weighted by molar-refractivity contribution is -0.141. The number of carboxylic acid groups (broad SMARTS) is 1. The molecular formula is C12H15BrN2O3S. The number of hydrogen-bond donors (Lipinski definition) is 3. The molecule has 2 rings (SSSR count). The van der Waals surface area contributed by atoms with E-state index in [2.05, 4.69) is 26.6 Å². The van der Waals surface area contributed by atoms with Crippen LogP contribution in [0.4, 0.5) is 4.79 Å². The van der Waals surface area contributed by atoms with Crippen molar-refractivity contribution in [1.29, 1.82) is 0 Å². The van der Waals surface area contributed by atoms with Crippen LogP contribution in [0.1, 0.15) is 24.1 Å². The fraction of sp³-hybridized carbons (Fsp3) is 0.500. The SMILES string of the molecule is O=C(NCc1cc(Br)cs1)N[C@H]1CC[C@@H](C(=O)O)C1. The third-order valence-corrected chi connectivity index (χ3v) is 4.86. The molecule has 0 unspecified atom stereocenters. The largest absolute Gasteiger partial charge is 0.481 e. The highest BCUT2D eigenvalue weighted by Crippen LogP contribution is 2.25. The minimum absolute atomic E-state index is 0.0313. The summed E-state index contributed by atoms with van der Waals surface area (Å²) in [7, 11) is 0. The molecule has 1 aliphatic carbocycles. The monoisotopic (exact) mass is 346 g/mol. The van der Waals surface area contributed by atoms with Gasteiger partial charge in [-0.2, -0.15) is 0 Å². The van der Waals surface area contributed by atoms with Crippen LogP contribution in [-0.4, -0.2) is 23.1 Å². The molecule has 1 heterocycles. The number of rotatable bonds is 4. The van der Waals surface area contributed by atoms with Crippen molar-refractivity contribution in [3.63, 3.8) is 0 Å². The highest BCUT2D eigenvalue weighted by atomic mass is 79.9. The number of hydrogen-bond acceptors (Lipinski definition) is 3. The number of aliphatic carboxylic acids is 1. The highest BCUT2D eigenvalue weighted by molar-refractivity contribution is 9.10. The topological polar surface area (TPSA) is 78.4 Å². The minimum atomic E-state index is -0.770. The van der Waals surface area contributed by atoms with Crippen molar-refractivity contribution in [3.05, 3.63) is 20.8 Å². The van der Waals surface area contributed by atoms with Crippen LogP contribution >= 0.6 is 27.3 Å². The standard InChI is InChI=1S/C12H15BrN2O3S/c13-8-4-10(19-6-8)5-14-12(18)15-9-2-1-7(3-9)11(16)17/h4,6-7,9H,1-3,5H2,(H,16,17)(H2,14,15,18)/t7-,9+/m1/s1. The minimum Gasteiger partial charge on any atom is -0.481 e. The fourth-order valence-electron chi connectivity index (χ4n) is 2.19. The Bertz CT molecular complexity index is 477. The molecule has 3 N–H and O–H groups in total. The zero-order valence-electron chi connectivity index (χ0n) is 10.2. The molecule has 1 aromatic heterocycles. The van der Waals surface area contributed by atoms with E-state index in [9.17, 15) is 9.59 Å². The molecule has 2 atom stereocenters. The molecule has 104 valence electrons. The Hall–Kier alpha value is -1.08. The molecule has 2 amide bonds. The van der Waals surface area contributed by atoms with Gasteiger partial charge in [-0.3, -0.25) is 4.79 Å². The van der Waals surface area contributed by atoms with E-state index in [-0.39, 0.29) is 18.0 Å². The summed E-state index contributed by atoms with van der Waals surface area (Å²) in [5.41, 5.74) is 0. The fourth-order valence-corrected chi connectivity index (χ4v) is 3.58. The molecule has 0 bridgehead atoms. The van der Waals surface area contributed by atoms with Gasteiger partial charge < -0.3 is 15.7 Å². The lowest BCUT2D eigenvalue weighted by Gasteiger charge is -2.13. The average molecular weight is 347 g/mol. The second-order valence-corrected chi connectivity index (χ2v) is 6.51. The Morgan fingerprint density at radius 1 is 1.47 bits per heavy atom. The summed E-state index contributed by atoms with van der Waals surface area (Å²) in [6.07, 6.45) is 1.89. The molecule has 0 aromatic carbocycles. The van der Waals surface area contributed by atoms with Gasteiger partial charge in [-0.1, -0.05) is 0 Å². The summed E-state index contributed by atoms with van der Waals surface area (Å²) < 4.78 is 1.01. The number of amides is 2. The van der Waals surface area contributed by atoms with Crippen molar-refractivity contribution in [2.24, 2.45) is 5.92 Å². The molecule has 0 spiro atoms. The van der Waals surface area contributed by atoms with E-state index in [1.165, 1.54) is 0 Å². The van der Waals surface area contributed by atoms with Gasteiger partial charge in [0.25, 0.3) is 0 Å². The van der Waals surface area contributed by atoms with E-state index < -0.39 is 5.97 Å². The van der Waals surface area contributed by atoms with Crippen LogP contribution in [0.15, 0.2) is 15.9 Å². The van der Waals surface area contributed by atoms with Crippen LogP contribution in [0.3, 0.4) is 0 Å². The van der Waals surface area contributed by atoms with E-state index in [1.807, 2.05) is 11.4 Å². The Morgan fingerprint density at radius 2 is 2.26 bits per heavy atom. The summed E-state index contributed by atoms with van der Waals surface area (Å²) in [6.45, 7) is 0.483. The van der Waals surface area contributed by atoms with Gasteiger partial charge >= 0.3 is 12.0 Å². The maximum absolute atomic E-state index is 11.7. The quantitative estimate of drug-likeness (QED) is 0.783. The zero-order valence-corrected chi connectivity index (χ0v) is 12.6. The number of thiophene rings is 1. The molecule has 1 aromatic rings. The maximum Gasteiger partial charge on any atom is 0.315 e. The number of urea groups is 1. The molecule has 19 heavy (non-hydrogen) atoms. The van der Waals surface area contributed by atoms with Crippen molar-refractivity contribution < 1.29 is 14.7 Å². The Kier molecular flexibility index (Phi) is 4.81. The van der Waals surface area contributed by atoms with Gasteiger partial charge in [0.15, 0.2) is 0 Å². The normalized spacial score (nSPS) is 22.2. The van der Waals surface area contributed by atoms with Crippen molar-refractivity contribution in [3.8, 4) is 0 Å². The van der Waals surface area contributed by atoms with Gasteiger partial charge in [0.2, 0.25) is 0 Å². The van der Waals surface area contributed by atoms with E-state index in [1.54, 1.807) is 11.3 Å². The van der Waals surface area contributed by atoms with Crippen LogP contribution in [0.5, 0.6) is 0 Å². The van der Waals surface area contributed by atoms with Gasteiger partial charge in [-0.25, -0.2) is 4.79 Å². The molecule has 0 aliphatic heterocycles. The molecule has 1 fully saturated rings. The van der Waals surface area contributed by atoms with Crippen LogP contribution in [0, 0.1) is 5.92 Å². The lowest BCUT2D eigenvalue weighted by atomic mass is 10.1. The van der Waals surface area contributed by atoms with Gasteiger partial charge in [-0.05, 0) is 41.3 Å². The summed E-state index contributed by atoms with van der Waals surface area (Å²) >= 11 is 4.93. The van der Waals surface area contributed by atoms with Gasteiger partial charge in [0, 0.05) is 20.8 Å². The van der Waals surface area contributed by atoms with Crippen LogP contribution in [0.25, 0.3) is 0 Å². The number of carboxylic acids is 1. The molecule has 0 saturated heterocycles. The summed E-state index contributed by atoms with van der Waals surface area (Å²) in [5, 5.41) is 16.4. The number of carbonyl (C=O) groups is 2. The van der Waals surface area contributed by atoms with Crippen molar-refractivity contribution in [1.82, 2.24) is 10.6 Å². The predicted molar refractivity (Wildman–Crippen MR) is 76.2 cm³/mol. The van der Waals surface area contributed by atoms with Crippen molar-refractivity contribution in [2.75, 3.05) is 0 Å². The van der Waals surface area contributed by atoms with Crippen LogP contribution in [0.2, 0.25) is 0 Å². The average Bonchev–Trinajstić information content (AvgIpc) is 2.96. The van der Waals surface area contributed by atoms with Gasteiger partial charge in [0.1, 0.15) is 0 Å². The molecule has 1 saturated carbocycles. The van der Waals surface area contributed by atoms with Crippen molar-refractivity contribution >= 4 is 39.3 Å². The first kappa shape index (κ1) is 14.3. The summed E-state index contributed by atoms with van der Waals surface area (Å²) in [6, 6.07) is 1.69. The predicted octanol–water partition coefficient (Wildman–Crippen LogP) is 2.56. The number of nitrogens with one attached hydrogen (secondary N) is 2. The molecular weight excluding hydrogens is 332 g/mol. The number of halogens is 1. The second kappa shape index (κ2) is 6.38. The van der Waals surface area contributed by atoms with Crippen LogP contribution < -0.4 is 10.6 Å². The van der Waals surface area contributed by atoms with Gasteiger partial charge in [0.05, 0.1) is 12.5 Å². The van der Waals surface area contributed by atoms with E-state index >= 15 is 0 Å². The first-order valence-corrected chi connectivity index (χ1v) is 7.72. The van der Waals surface area contributed by atoms with Crippen molar-refractivity contribution in [2.45, 2.75) is 31.8 Å².